The van der Waals surface area contributed by atoms with E-state index in [1.54, 1.807) is 30.3 Å². The van der Waals surface area contributed by atoms with Gasteiger partial charge in [0.1, 0.15) is 19.8 Å². The number of sulfonamides is 1. The highest BCUT2D eigenvalue weighted by Crippen LogP contribution is 2.32. The fourth-order valence-corrected chi connectivity index (χ4v) is 3.58. The molecule has 0 spiro atoms. The van der Waals surface area contributed by atoms with Gasteiger partial charge in [-0.25, -0.2) is 8.42 Å². The topological polar surface area (TPSA) is 120 Å². The fraction of sp³-hybridized carbons (Fsp3) is 0.300. The van der Waals surface area contributed by atoms with Gasteiger partial charge in [0.2, 0.25) is 10.0 Å². The SMILES string of the molecule is Cc1ccc(S(=O)(=O)NCC(=O)O[C@@H](C)C(=O)Nc2ccc3c(c2)OCCO3)cc1. The molecule has 2 aromatic carbocycles. The van der Waals surface area contributed by atoms with E-state index in [9.17, 15) is 18.0 Å². The molecule has 1 amide bonds. The summed E-state index contributed by atoms with van der Waals surface area (Å²) in [5.41, 5.74) is 1.36. The molecule has 0 radical (unpaired) electrons. The zero-order valence-electron chi connectivity index (χ0n) is 16.5. The van der Waals surface area contributed by atoms with E-state index in [0.29, 0.717) is 30.4 Å². The third-order valence-electron chi connectivity index (χ3n) is 4.22. The highest BCUT2D eigenvalue weighted by molar-refractivity contribution is 7.89. The Balaban J connectivity index is 1.51. The Morgan fingerprint density at radius 1 is 1.07 bits per heavy atom. The molecule has 2 aromatic rings. The number of fused-ring (bicyclic) bond motifs is 1. The Morgan fingerprint density at radius 3 is 2.43 bits per heavy atom. The van der Waals surface area contributed by atoms with Crippen LogP contribution in [-0.4, -0.2) is 46.2 Å². The summed E-state index contributed by atoms with van der Waals surface area (Å²) in [7, 11) is -3.86. The van der Waals surface area contributed by atoms with Crippen LogP contribution in [0.4, 0.5) is 5.69 Å². The van der Waals surface area contributed by atoms with Crippen molar-refractivity contribution >= 4 is 27.6 Å². The first-order valence-electron chi connectivity index (χ1n) is 9.21. The number of nitrogens with one attached hydrogen (secondary N) is 2. The summed E-state index contributed by atoms with van der Waals surface area (Å²) in [6.45, 7) is 3.49. The Hall–Kier alpha value is -3.11. The van der Waals surface area contributed by atoms with Crippen molar-refractivity contribution in [3.63, 3.8) is 0 Å². The largest absolute Gasteiger partial charge is 0.486 e. The predicted octanol–water partition coefficient (Wildman–Crippen LogP) is 1.61. The molecular weight excluding hydrogens is 412 g/mol. The van der Waals surface area contributed by atoms with Crippen LogP contribution >= 0.6 is 0 Å². The molecule has 9 nitrogen and oxygen atoms in total. The highest BCUT2D eigenvalue weighted by Gasteiger charge is 2.21. The first-order valence-corrected chi connectivity index (χ1v) is 10.7. The molecule has 0 fully saturated rings. The average molecular weight is 434 g/mol. The zero-order valence-corrected chi connectivity index (χ0v) is 17.3. The van der Waals surface area contributed by atoms with Crippen LogP contribution < -0.4 is 19.5 Å². The van der Waals surface area contributed by atoms with Crippen LogP contribution in [0.15, 0.2) is 47.4 Å². The highest BCUT2D eigenvalue weighted by atomic mass is 32.2. The molecule has 10 heteroatoms. The van der Waals surface area contributed by atoms with Crippen molar-refractivity contribution in [3.05, 3.63) is 48.0 Å². The van der Waals surface area contributed by atoms with Crippen LogP contribution in [0.3, 0.4) is 0 Å². The van der Waals surface area contributed by atoms with Crippen molar-refractivity contribution in [1.29, 1.82) is 0 Å². The Bertz CT molecular complexity index is 1040. The number of benzene rings is 2. The van der Waals surface area contributed by atoms with E-state index in [-0.39, 0.29) is 4.90 Å². The van der Waals surface area contributed by atoms with Crippen LogP contribution in [0, 0.1) is 6.92 Å². The minimum Gasteiger partial charge on any atom is -0.486 e. The second-order valence-corrected chi connectivity index (χ2v) is 8.38. The molecule has 1 atom stereocenters. The fourth-order valence-electron chi connectivity index (χ4n) is 2.61. The lowest BCUT2D eigenvalue weighted by Crippen LogP contribution is -2.35. The van der Waals surface area contributed by atoms with Gasteiger partial charge in [0.25, 0.3) is 5.91 Å². The van der Waals surface area contributed by atoms with Gasteiger partial charge in [-0.05, 0) is 38.1 Å². The van der Waals surface area contributed by atoms with Gasteiger partial charge in [-0.1, -0.05) is 17.7 Å². The van der Waals surface area contributed by atoms with Gasteiger partial charge in [0.05, 0.1) is 4.90 Å². The summed E-state index contributed by atoms with van der Waals surface area (Å²) in [6, 6.07) is 11.1. The molecule has 3 rings (SSSR count). The monoisotopic (exact) mass is 434 g/mol. The van der Waals surface area contributed by atoms with Crippen LogP contribution in [0.2, 0.25) is 0 Å². The number of hydrogen-bond donors (Lipinski definition) is 2. The molecule has 2 N–H and O–H groups in total. The summed E-state index contributed by atoms with van der Waals surface area (Å²) in [5.74, 6) is -0.356. The van der Waals surface area contributed by atoms with Crippen molar-refractivity contribution in [2.75, 3.05) is 25.1 Å². The molecule has 0 unspecified atom stereocenters. The average Bonchev–Trinajstić information content (AvgIpc) is 2.72. The standard InChI is InChI=1S/C20H22N2O7S/c1-13-3-6-16(7-4-13)30(25,26)21-12-19(23)29-14(2)20(24)22-15-5-8-17-18(11-15)28-10-9-27-17/h3-8,11,14,21H,9-10,12H2,1-2H3,(H,22,24)/t14-/m0/s1. The molecule has 30 heavy (non-hydrogen) atoms. The van der Waals surface area contributed by atoms with Gasteiger partial charge in [0.15, 0.2) is 17.6 Å². The normalized spacial score (nSPS) is 13.9. The minimum atomic E-state index is -3.86. The van der Waals surface area contributed by atoms with E-state index < -0.39 is 34.5 Å². The molecule has 1 aliphatic rings. The number of carbonyl (C=O) groups excluding carboxylic acids is 2. The van der Waals surface area contributed by atoms with Gasteiger partial charge >= 0.3 is 5.97 Å². The molecular formula is C20H22N2O7S. The summed E-state index contributed by atoms with van der Waals surface area (Å²) in [6.07, 6.45) is -1.13. The lowest BCUT2D eigenvalue weighted by atomic mass is 10.2. The van der Waals surface area contributed by atoms with Gasteiger partial charge in [-0.2, -0.15) is 4.72 Å². The summed E-state index contributed by atoms with van der Waals surface area (Å²) < 4.78 is 42.4. The molecule has 1 heterocycles. The Labute approximate surface area is 174 Å². The first-order chi connectivity index (χ1) is 14.2. The summed E-state index contributed by atoms with van der Waals surface area (Å²) in [5, 5.41) is 2.61. The van der Waals surface area contributed by atoms with E-state index in [2.05, 4.69) is 10.0 Å². The van der Waals surface area contributed by atoms with Gasteiger partial charge in [-0.3, -0.25) is 9.59 Å². The number of hydrogen-bond acceptors (Lipinski definition) is 7. The molecule has 0 saturated heterocycles. The smallest absolute Gasteiger partial charge is 0.321 e. The number of amides is 1. The van der Waals surface area contributed by atoms with Crippen molar-refractivity contribution in [3.8, 4) is 11.5 Å². The number of carbonyl (C=O) groups is 2. The molecule has 0 aliphatic carbocycles. The number of ether oxygens (including phenoxy) is 3. The van der Waals surface area contributed by atoms with Crippen LogP contribution in [0.25, 0.3) is 0 Å². The van der Waals surface area contributed by atoms with Crippen LogP contribution in [0.1, 0.15) is 12.5 Å². The maximum Gasteiger partial charge on any atom is 0.321 e. The Kier molecular flexibility index (Phi) is 6.58. The maximum absolute atomic E-state index is 12.3. The zero-order chi connectivity index (χ0) is 21.7. The van der Waals surface area contributed by atoms with Crippen molar-refractivity contribution < 1.29 is 32.2 Å². The van der Waals surface area contributed by atoms with Crippen molar-refractivity contribution in [2.45, 2.75) is 24.8 Å². The van der Waals surface area contributed by atoms with Gasteiger partial charge in [-0.15, -0.1) is 0 Å². The third-order valence-corrected chi connectivity index (χ3v) is 5.64. The molecule has 160 valence electrons. The van der Waals surface area contributed by atoms with E-state index >= 15 is 0 Å². The first kappa shape index (κ1) is 21.6. The van der Waals surface area contributed by atoms with Gasteiger partial charge in [0, 0.05) is 11.8 Å². The second kappa shape index (κ2) is 9.14. The predicted molar refractivity (Wildman–Crippen MR) is 108 cm³/mol. The van der Waals surface area contributed by atoms with Crippen LogP contribution in [0.5, 0.6) is 11.5 Å². The molecule has 1 aliphatic heterocycles. The summed E-state index contributed by atoms with van der Waals surface area (Å²) in [4.78, 5) is 24.3. The molecule has 0 bridgehead atoms. The van der Waals surface area contributed by atoms with Crippen molar-refractivity contribution in [2.24, 2.45) is 0 Å². The lowest BCUT2D eigenvalue weighted by molar-refractivity contribution is -0.151. The van der Waals surface area contributed by atoms with Gasteiger partial charge < -0.3 is 19.5 Å². The molecule has 0 saturated carbocycles. The van der Waals surface area contributed by atoms with E-state index in [0.717, 1.165) is 5.56 Å². The molecule has 0 aromatic heterocycles. The van der Waals surface area contributed by atoms with Crippen molar-refractivity contribution in [1.82, 2.24) is 4.72 Å². The number of esters is 1. The van der Waals surface area contributed by atoms with E-state index in [4.69, 9.17) is 14.2 Å². The van der Waals surface area contributed by atoms with E-state index in [1.165, 1.54) is 19.1 Å². The number of rotatable bonds is 7. The second-order valence-electron chi connectivity index (χ2n) is 6.62. The maximum atomic E-state index is 12.3. The number of anilines is 1. The van der Waals surface area contributed by atoms with E-state index in [1.807, 2.05) is 6.92 Å². The Morgan fingerprint density at radius 2 is 1.73 bits per heavy atom. The number of aryl methyl sites for hydroxylation is 1. The quantitative estimate of drug-likeness (QED) is 0.635. The summed E-state index contributed by atoms with van der Waals surface area (Å²) >= 11 is 0. The minimum absolute atomic E-state index is 0.0327. The van der Waals surface area contributed by atoms with Crippen LogP contribution in [-0.2, 0) is 24.3 Å². The lowest BCUT2D eigenvalue weighted by Gasteiger charge is -2.19. The third kappa shape index (κ3) is 5.49.